The van der Waals surface area contributed by atoms with Gasteiger partial charge < -0.3 is 5.32 Å². The van der Waals surface area contributed by atoms with Crippen LogP contribution in [0.5, 0.6) is 0 Å². The summed E-state index contributed by atoms with van der Waals surface area (Å²) in [7, 11) is -4.11. The Labute approximate surface area is 208 Å². The molecule has 174 valence electrons. The average Bonchev–Trinajstić information content (AvgIpc) is 3.10. The van der Waals surface area contributed by atoms with Crippen molar-refractivity contribution in [2.24, 2.45) is 4.40 Å². The van der Waals surface area contributed by atoms with Gasteiger partial charge in [0.05, 0.1) is 10.6 Å². The minimum Gasteiger partial charge on any atom is -0.326 e. The molecule has 11 heteroatoms. The van der Waals surface area contributed by atoms with E-state index < -0.39 is 32.9 Å². The number of amidine groups is 1. The zero-order valence-corrected chi connectivity index (χ0v) is 20.6. The molecule has 3 aromatic carbocycles. The standard InChI is InChI=1S/C23H17BrFN3O4S2/c24-15-6-12-19(13-7-15)34(31,32)27-23-28(18-4-2-1-3-5-18)22(30)20(33-23)14-21(29)26-17-10-8-16(25)9-11-17/h1-13,20H,14H2,(H,26,29). The predicted octanol–water partition coefficient (Wildman–Crippen LogP) is 4.81. The summed E-state index contributed by atoms with van der Waals surface area (Å²) in [6.07, 6.45) is -0.221. The molecule has 0 aliphatic carbocycles. The molecule has 0 aromatic heterocycles. The Morgan fingerprint density at radius 3 is 2.32 bits per heavy atom. The molecule has 2 amide bonds. The molecular formula is C23H17BrFN3O4S2. The highest BCUT2D eigenvalue weighted by molar-refractivity contribution is 9.10. The summed E-state index contributed by atoms with van der Waals surface area (Å²) in [5.41, 5.74) is 0.819. The summed E-state index contributed by atoms with van der Waals surface area (Å²) in [6, 6.07) is 19.7. The van der Waals surface area contributed by atoms with Crippen molar-refractivity contribution in [1.29, 1.82) is 0 Å². The molecule has 1 fully saturated rings. The van der Waals surface area contributed by atoms with E-state index in [-0.39, 0.29) is 16.5 Å². The van der Waals surface area contributed by atoms with E-state index >= 15 is 0 Å². The zero-order chi connectivity index (χ0) is 24.3. The molecule has 0 spiro atoms. The van der Waals surface area contributed by atoms with Crippen LogP contribution in [0.15, 0.2) is 92.6 Å². The molecule has 34 heavy (non-hydrogen) atoms. The highest BCUT2D eigenvalue weighted by Gasteiger charge is 2.41. The largest absolute Gasteiger partial charge is 0.326 e. The van der Waals surface area contributed by atoms with Crippen LogP contribution in [-0.4, -0.2) is 30.6 Å². The first kappa shape index (κ1) is 24.1. The molecule has 1 aliphatic rings. The van der Waals surface area contributed by atoms with Crippen LogP contribution in [0.25, 0.3) is 0 Å². The number of nitrogens with one attached hydrogen (secondary N) is 1. The molecule has 1 unspecified atom stereocenters. The SMILES string of the molecule is O=C(CC1SC(=NS(=O)(=O)c2ccc(Br)cc2)N(c2ccccc2)C1=O)Nc1ccc(F)cc1. The molecule has 1 aliphatic heterocycles. The van der Waals surface area contributed by atoms with E-state index in [1.807, 2.05) is 0 Å². The van der Waals surface area contributed by atoms with E-state index in [1.165, 1.54) is 41.3 Å². The van der Waals surface area contributed by atoms with Gasteiger partial charge in [0, 0.05) is 16.6 Å². The fourth-order valence-corrected chi connectivity index (χ4v) is 5.75. The number of halogens is 2. The Balaban J connectivity index is 1.61. The third-order valence-corrected chi connectivity index (χ3v) is 7.82. The van der Waals surface area contributed by atoms with Crippen molar-refractivity contribution in [1.82, 2.24) is 0 Å². The van der Waals surface area contributed by atoms with Gasteiger partial charge in [-0.1, -0.05) is 45.9 Å². The van der Waals surface area contributed by atoms with Gasteiger partial charge in [0.1, 0.15) is 11.1 Å². The van der Waals surface area contributed by atoms with Gasteiger partial charge in [0.25, 0.3) is 10.0 Å². The number of hydrogen-bond donors (Lipinski definition) is 1. The number of benzene rings is 3. The Hall–Kier alpha value is -3.02. The number of carbonyl (C=O) groups excluding carboxylic acids is 2. The van der Waals surface area contributed by atoms with E-state index in [0.29, 0.717) is 15.8 Å². The van der Waals surface area contributed by atoms with Gasteiger partial charge in [0.2, 0.25) is 11.8 Å². The smallest absolute Gasteiger partial charge is 0.284 e. The van der Waals surface area contributed by atoms with E-state index in [4.69, 9.17) is 0 Å². The Bertz CT molecular complexity index is 1350. The van der Waals surface area contributed by atoms with E-state index in [2.05, 4.69) is 25.6 Å². The second kappa shape index (κ2) is 10.1. The normalized spacial score (nSPS) is 17.2. The molecular weight excluding hydrogens is 545 g/mol. The molecule has 1 saturated heterocycles. The van der Waals surface area contributed by atoms with Crippen LogP contribution in [0, 0.1) is 5.82 Å². The number of hydrogen-bond acceptors (Lipinski definition) is 5. The van der Waals surface area contributed by atoms with E-state index in [9.17, 15) is 22.4 Å². The first-order valence-corrected chi connectivity index (χ1v) is 13.1. The maximum absolute atomic E-state index is 13.2. The number of amides is 2. The second-order valence-corrected chi connectivity index (χ2v) is 10.9. The lowest BCUT2D eigenvalue weighted by molar-refractivity contribution is -0.121. The summed E-state index contributed by atoms with van der Waals surface area (Å²) < 4.78 is 43.6. The lowest BCUT2D eigenvalue weighted by Crippen LogP contribution is -2.33. The number of anilines is 2. The molecule has 0 saturated carbocycles. The van der Waals surface area contributed by atoms with Gasteiger partial charge in [-0.3, -0.25) is 14.5 Å². The lowest BCUT2D eigenvalue weighted by Gasteiger charge is -2.16. The molecule has 0 radical (unpaired) electrons. The molecule has 4 rings (SSSR count). The van der Waals surface area contributed by atoms with Crippen molar-refractivity contribution >= 4 is 66.1 Å². The highest BCUT2D eigenvalue weighted by Crippen LogP contribution is 2.35. The maximum atomic E-state index is 13.2. The molecule has 1 atom stereocenters. The molecule has 1 heterocycles. The van der Waals surface area contributed by atoms with Crippen molar-refractivity contribution in [2.75, 3.05) is 10.2 Å². The molecule has 1 N–H and O–H groups in total. The van der Waals surface area contributed by atoms with Gasteiger partial charge >= 0.3 is 0 Å². The highest BCUT2D eigenvalue weighted by atomic mass is 79.9. The minimum absolute atomic E-state index is 0.0261. The predicted molar refractivity (Wildman–Crippen MR) is 134 cm³/mol. The van der Waals surface area contributed by atoms with Crippen LogP contribution < -0.4 is 10.2 Å². The summed E-state index contributed by atoms with van der Waals surface area (Å²) >= 11 is 4.17. The summed E-state index contributed by atoms with van der Waals surface area (Å²) in [4.78, 5) is 26.9. The van der Waals surface area contributed by atoms with Crippen molar-refractivity contribution in [3.63, 3.8) is 0 Å². The average molecular weight is 562 g/mol. The zero-order valence-electron chi connectivity index (χ0n) is 17.4. The van der Waals surface area contributed by atoms with Gasteiger partial charge in [0.15, 0.2) is 5.17 Å². The first-order chi connectivity index (χ1) is 16.2. The van der Waals surface area contributed by atoms with Crippen molar-refractivity contribution in [2.45, 2.75) is 16.6 Å². The quantitative estimate of drug-likeness (QED) is 0.466. The van der Waals surface area contributed by atoms with Gasteiger partial charge in [-0.05, 0) is 60.7 Å². The van der Waals surface area contributed by atoms with Crippen LogP contribution in [0.4, 0.5) is 15.8 Å². The second-order valence-electron chi connectivity index (χ2n) is 7.18. The third kappa shape index (κ3) is 5.54. The van der Waals surface area contributed by atoms with Crippen LogP contribution in [-0.2, 0) is 19.6 Å². The lowest BCUT2D eigenvalue weighted by atomic mass is 10.2. The summed E-state index contributed by atoms with van der Waals surface area (Å²) in [6.45, 7) is 0. The number of thioether (sulfide) groups is 1. The van der Waals surface area contributed by atoms with Crippen LogP contribution in [0.3, 0.4) is 0 Å². The number of rotatable bonds is 6. The van der Waals surface area contributed by atoms with Crippen LogP contribution in [0.2, 0.25) is 0 Å². The minimum atomic E-state index is -4.11. The number of carbonyl (C=O) groups is 2. The molecule has 7 nitrogen and oxygen atoms in total. The Kier molecular flexibility index (Phi) is 7.15. The molecule has 0 bridgehead atoms. The Morgan fingerprint density at radius 2 is 1.68 bits per heavy atom. The number of sulfonamides is 1. The van der Waals surface area contributed by atoms with Gasteiger partial charge in [-0.15, -0.1) is 4.40 Å². The van der Waals surface area contributed by atoms with Crippen molar-refractivity contribution in [3.05, 3.63) is 89.2 Å². The van der Waals surface area contributed by atoms with E-state index in [0.717, 1.165) is 11.8 Å². The third-order valence-electron chi connectivity index (χ3n) is 4.76. The molecule has 3 aromatic rings. The van der Waals surface area contributed by atoms with Gasteiger partial charge in [-0.25, -0.2) is 4.39 Å². The van der Waals surface area contributed by atoms with Crippen molar-refractivity contribution in [3.8, 4) is 0 Å². The fourth-order valence-electron chi connectivity index (χ4n) is 3.15. The maximum Gasteiger partial charge on any atom is 0.284 e. The van der Waals surface area contributed by atoms with Crippen molar-refractivity contribution < 1.29 is 22.4 Å². The van der Waals surface area contributed by atoms with Gasteiger partial charge in [-0.2, -0.15) is 8.42 Å². The fraction of sp³-hybridized carbons (Fsp3) is 0.0870. The first-order valence-electron chi connectivity index (χ1n) is 9.94. The topological polar surface area (TPSA) is 95.9 Å². The van der Waals surface area contributed by atoms with Crippen LogP contribution >= 0.6 is 27.7 Å². The van der Waals surface area contributed by atoms with Crippen LogP contribution in [0.1, 0.15) is 6.42 Å². The Morgan fingerprint density at radius 1 is 1.03 bits per heavy atom. The van der Waals surface area contributed by atoms with E-state index in [1.54, 1.807) is 42.5 Å². The summed E-state index contributed by atoms with van der Waals surface area (Å²) in [5, 5.41) is 1.68. The monoisotopic (exact) mass is 561 g/mol. The number of para-hydroxylation sites is 1. The summed E-state index contributed by atoms with van der Waals surface area (Å²) in [5.74, 6) is -1.37. The number of nitrogens with zero attached hydrogens (tertiary/aromatic N) is 2.